The minimum Gasteiger partial charge on any atom is -0.454 e. The molecule has 1 saturated heterocycles. The summed E-state index contributed by atoms with van der Waals surface area (Å²) in [5.74, 6) is 1.41. The summed E-state index contributed by atoms with van der Waals surface area (Å²) >= 11 is 0. The van der Waals surface area contributed by atoms with E-state index in [1.807, 2.05) is 4.90 Å². The van der Waals surface area contributed by atoms with E-state index < -0.39 is 0 Å². The van der Waals surface area contributed by atoms with Gasteiger partial charge in [0, 0.05) is 18.7 Å². The fourth-order valence-corrected chi connectivity index (χ4v) is 3.57. The monoisotopic (exact) mass is 315 g/mol. The molecule has 5 heteroatoms. The van der Waals surface area contributed by atoms with Gasteiger partial charge in [0.2, 0.25) is 6.79 Å². The second-order valence-corrected chi connectivity index (χ2v) is 6.51. The van der Waals surface area contributed by atoms with Crippen LogP contribution in [0.15, 0.2) is 29.8 Å². The minimum absolute atomic E-state index is 0.0506. The SMILES string of the molecule is CC1=CC2(CCN(C(=O)c3ccc4c(c3)OCO4)CC2)OCC1. The lowest BCUT2D eigenvalue weighted by Crippen LogP contribution is -2.48. The Kier molecular flexibility index (Phi) is 3.53. The van der Waals surface area contributed by atoms with Crippen molar-refractivity contribution < 1.29 is 19.0 Å². The molecule has 0 saturated carbocycles. The summed E-state index contributed by atoms with van der Waals surface area (Å²) in [5.41, 5.74) is 1.89. The van der Waals surface area contributed by atoms with Crippen molar-refractivity contribution in [1.29, 1.82) is 0 Å². The van der Waals surface area contributed by atoms with Crippen LogP contribution in [-0.2, 0) is 4.74 Å². The molecule has 122 valence electrons. The molecule has 1 amide bonds. The smallest absolute Gasteiger partial charge is 0.253 e. The zero-order valence-electron chi connectivity index (χ0n) is 13.3. The van der Waals surface area contributed by atoms with Crippen LogP contribution in [0.1, 0.15) is 36.5 Å². The molecule has 3 heterocycles. The maximum Gasteiger partial charge on any atom is 0.253 e. The third-order valence-corrected chi connectivity index (χ3v) is 4.91. The van der Waals surface area contributed by atoms with Crippen molar-refractivity contribution in [3.8, 4) is 11.5 Å². The number of amides is 1. The average Bonchev–Trinajstić information content (AvgIpc) is 3.02. The largest absolute Gasteiger partial charge is 0.454 e. The number of benzene rings is 1. The van der Waals surface area contributed by atoms with Crippen molar-refractivity contribution >= 4 is 5.91 Å². The van der Waals surface area contributed by atoms with Gasteiger partial charge in [0.1, 0.15) is 0 Å². The number of rotatable bonds is 1. The molecule has 1 aromatic carbocycles. The lowest BCUT2D eigenvalue weighted by atomic mass is 9.87. The van der Waals surface area contributed by atoms with Crippen molar-refractivity contribution in [2.75, 3.05) is 26.5 Å². The Morgan fingerprint density at radius 3 is 2.74 bits per heavy atom. The van der Waals surface area contributed by atoms with Crippen molar-refractivity contribution in [2.24, 2.45) is 0 Å². The van der Waals surface area contributed by atoms with E-state index in [0.29, 0.717) is 17.1 Å². The first kappa shape index (κ1) is 14.6. The first-order valence-corrected chi connectivity index (χ1v) is 8.16. The van der Waals surface area contributed by atoms with Gasteiger partial charge in [0.25, 0.3) is 5.91 Å². The molecule has 1 aromatic rings. The molecular weight excluding hydrogens is 294 g/mol. The summed E-state index contributed by atoms with van der Waals surface area (Å²) in [6.07, 6.45) is 5.00. The molecule has 1 spiro atoms. The van der Waals surface area contributed by atoms with Gasteiger partial charge in [-0.3, -0.25) is 4.79 Å². The third-order valence-electron chi connectivity index (χ3n) is 4.91. The zero-order valence-corrected chi connectivity index (χ0v) is 13.3. The van der Waals surface area contributed by atoms with E-state index in [2.05, 4.69) is 13.0 Å². The third kappa shape index (κ3) is 2.70. The summed E-state index contributed by atoms with van der Waals surface area (Å²) in [6.45, 7) is 4.61. The van der Waals surface area contributed by atoms with Crippen LogP contribution < -0.4 is 9.47 Å². The standard InChI is InChI=1S/C18H21NO4/c1-13-4-9-23-18(11-13)5-7-19(8-6-18)17(20)14-2-3-15-16(10-14)22-12-21-15/h2-3,10-11H,4-9,12H2,1H3. The van der Waals surface area contributed by atoms with Gasteiger partial charge in [-0.05, 0) is 44.4 Å². The lowest BCUT2D eigenvalue weighted by molar-refractivity contribution is -0.0522. The molecule has 0 N–H and O–H groups in total. The Bertz CT molecular complexity index is 659. The van der Waals surface area contributed by atoms with Crippen LogP contribution in [-0.4, -0.2) is 42.9 Å². The lowest BCUT2D eigenvalue weighted by Gasteiger charge is -2.42. The summed E-state index contributed by atoms with van der Waals surface area (Å²) < 4.78 is 16.7. The van der Waals surface area contributed by atoms with E-state index in [4.69, 9.17) is 14.2 Å². The van der Waals surface area contributed by atoms with Gasteiger partial charge >= 0.3 is 0 Å². The molecule has 3 aliphatic rings. The van der Waals surface area contributed by atoms with Gasteiger partial charge in [0.15, 0.2) is 11.5 Å². The number of likely N-dealkylation sites (tertiary alicyclic amines) is 1. The molecule has 0 atom stereocenters. The molecule has 0 aliphatic carbocycles. The number of piperidine rings is 1. The zero-order chi connectivity index (χ0) is 15.9. The number of carbonyl (C=O) groups excluding carboxylic acids is 1. The minimum atomic E-state index is -0.159. The van der Waals surface area contributed by atoms with Crippen molar-refractivity contribution in [1.82, 2.24) is 4.90 Å². The van der Waals surface area contributed by atoms with Gasteiger partial charge in [-0.2, -0.15) is 0 Å². The predicted molar refractivity (Wildman–Crippen MR) is 84.8 cm³/mol. The fourth-order valence-electron chi connectivity index (χ4n) is 3.57. The highest BCUT2D eigenvalue weighted by atomic mass is 16.7. The van der Waals surface area contributed by atoms with Crippen LogP contribution in [0.25, 0.3) is 0 Å². The summed E-state index contributed by atoms with van der Waals surface area (Å²) in [5, 5.41) is 0. The summed E-state index contributed by atoms with van der Waals surface area (Å²) in [6, 6.07) is 5.38. The number of hydrogen-bond donors (Lipinski definition) is 0. The number of nitrogens with zero attached hydrogens (tertiary/aromatic N) is 1. The molecule has 0 radical (unpaired) electrons. The van der Waals surface area contributed by atoms with Gasteiger partial charge in [0.05, 0.1) is 12.2 Å². The van der Waals surface area contributed by atoms with Gasteiger partial charge in [-0.15, -0.1) is 0 Å². The Labute approximate surface area is 135 Å². The maximum atomic E-state index is 12.7. The van der Waals surface area contributed by atoms with E-state index in [-0.39, 0.29) is 18.3 Å². The number of carbonyl (C=O) groups is 1. The van der Waals surface area contributed by atoms with Gasteiger partial charge < -0.3 is 19.1 Å². The number of ether oxygens (including phenoxy) is 3. The van der Waals surface area contributed by atoms with E-state index >= 15 is 0 Å². The quantitative estimate of drug-likeness (QED) is 0.748. The number of hydrogen-bond acceptors (Lipinski definition) is 4. The maximum absolute atomic E-state index is 12.7. The first-order valence-electron chi connectivity index (χ1n) is 8.16. The molecule has 0 unspecified atom stereocenters. The van der Waals surface area contributed by atoms with E-state index in [1.165, 1.54) is 5.57 Å². The van der Waals surface area contributed by atoms with E-state index in [1.54, 1.807) is 18.2 Å². The van der Waals surface area contributed by atoms with Crippen LogP contribution in [0.2, 0.25) is 0 Å². The summed E-state index contributed by atoms with van der Waals surface area (Å²) in [7, 11) is 0. The molecule has 0 bridgehead atoms. The molecule has 0 aromatic heterocycles. The Balaban J connectivity index is 1.46. The fraction of sp³-hybridized carbons (Fsp3) is 0.500. The van der Waals surface area contributed by atoms with Crippen molar-refractivity contribution in [3.05, 3.63) is 35.4 Å². The Morgan fingerprint density at radius 1 is 1.17 bits per heavy atom. The molecule has 1 fully saturated rings. The predicted octanol–water partition coefficient (Wildman–Crippen LogP) is 2.76. The molecule has 3 aliphatic heterocycles. The van der Waals surface area contributed by atoms with Gasteiger partial charge in [-0.25, -0.2) is 0 Å². The van der Waals surface area contributed by atoms with Crippen LogP contribution >= 0.6 is 0 Å². The van der Waals surface area contributed by atoms with Gasteiger partial charge in [-0.1, -0.05) is 11.6 Å². The highest BCUT2D eigenvalue weighted by molar-refractivity contribution is 5.95. The van der Waals surface area contributed by atoms with Crippen LogP contribution in [0.4, 0.5) is 0 Å². The molecule has 4 rings (SSSR count). The van der Waals surface area contributed by atoms with Crippen LogP contribution in [0.5, 0.6) is 11.5 Å². The topological polar surface area (TPSA) is 48.0 Å². The first-order chi connectivity index (χ1) is 11.2. The average molecular weight is 315 g/mol. The highest BCUT2D eigenvalue weighted by Crippen LogP contribution is 2.35. The second kappa shape index (κ2) is 5.57. The summed E-state index contributed by atoms with van der Waals surface area (Å²) in [4.78, 5) is 14.6. The molecule has 23 heavy (non-hydrogen) atoms. The number of fused-ring (bicyclic) bond motifs is 1. The Morgan fingerprint density at radius 2 is 1.96 bits per heavy atom. The van der Waals surface area contributed by atoms with Crippen LogP contribution in [0, 0.1) is 0 Å². The highest BCUT2D eigenvalue weighted by Gasteiger charge is 2.37. The normalized spacial score (nSPS) is 22.1. The Hall–Kier alpha value is -2.01. The second-order valence-electron chi connectivity index (χ2n) is 6.51. The van der Waals surface area contributed by atoms with E-state index in [0.717, 1.165) is 39.0 Å². The van der Waals surface area contributed by atoms with Crippen molar-refractivity contribution in [3.63, 3.8) is 0 Å². The van der Waals surface area contributed by atoms with E-state index in [9.17, 15) is 4.79 Å². The molecule has 5 nitrogen and oxygen atoms in total. The van der Waals surface area contributed by atoms with Crippen LogP contribution in [0.3, 0.4) is 0 Å². The van der Waals surface area contributed by atoms with Crippen molar-refractivity contribution in [2.45, 2.75) is 31.8 Å². The molecular formula is C18H21NO4.